The Hall–Kier alpha value is -0.120. The van der Waals surface area contributed by atoms with E-state index in [1.165, 1.54) is 25.7 Å². The van der Waals surface area contributed by atoms with Gasteiger partial charge in [-0.25, -0.2) is 0 Å². The van der Waals surface area contributed by atoms with Crippen molar-refractivity contribution in [3.63, 3.8) is 0 Å². The van der Waals surface area contributed by atoms with Crippen LogP contribution in [0.5, 0.6) is 0 Å². The van der Waals surface area contributed by atoms with E-state index in [1.54, 1.807) is 0 Å². The predicted molar refractivity (Wildman–Crippen MR) is 63.7 cm³/mol. The quantitative estimate of drug-likeness (QED) is 0.645. The van der Waals surface area contributed by atoms with Crippen molar-refractivity contribution in [3.05, 3.63) is 0 Å². The van der Waals surface area contributed by atoms with Crippen molar-refractivity contribution in [3.8, 4) is 0 Å². The van der Waals surface area contributed by atoms with Crippen LogP contribution in [0.25, 0.3) is 0 Å². The van der Waals surface area contributed by atoms with Gasteiger partial charge < -0.3 is 16.2 Å². The van der Waals surface area contributed by atoms with Crippen LogP contribution in [-0.2, 0) is 0 Å². The van der Waals surface area contributed by atoms with Crippen molar-refractivity contribution in [2.45, 2.75) is 57.5 Å². The van der Waals surface area contributed by atoms with Crippen LogP contribution in [0, 0.1) is 5.92 Å². The van der Waals surface area contributed by atoms with Crippen LogP contribution in [0.2, 0.25) is 0 Å². The molecule has 1 aliphatic rings. The number of nitrogens with one attached hydrogen (secondary N) is 1. The Balaban J connectivity index is 2.46. The molecule has 1 unspecified atom stereocenters. The number of aliphatic hydroxyl groups is 1. The molecule has 0 aromatic carbocycles. The van der Waals surface area contributed by atoms with Crippen molar-refractivity contribution < 1.29 is 5.11 Å². The molecule has 0 radical (unpaired) electrons. The number of hydrogen-bond donors (Lipinski definition) is 3. The summed E-state index contributed by atoms with van der Waals surface area (Å²) in [6.07, 6.45) is 5.73. The second kappa shape index (κ2) is 5.83. The fraction of sp³-hybridized carbons (Fsp3) is 1.00. The van der Waals surface area contributed by atoms with E-state index >= 15 is 0 Å². The number of nitrogens with two attached hydrogens (primary N) is 1. The Bertz CT molecular complexity index is 176. The lowest BCUT2D eigenvalue weighted by Crippen LogP contribution is -2.56. The lowest BCUT2D eigenvalue weighted by molar-refractivity contribution is 0.172. The first-order valence-electron chi connectivity index (χ1n) is 6.20. The summed E-state index contributed by atoms with van der Waals surface area (Å²) in [7, 11) is 0. The van der Waals surface area contributed by atoms with E-state index in [9.17, 15) is 0 Å². The van der Waals surface area contributed by atoms with Gasteiger partial charge >= 0.3 is 0 Å². The van der Waals surface area contributed by atoms with Crippen molar-refractivity contribution in [1.82, 2.24) is 5.32 Å². The second-order valence-corrected chi connectivity index (χ2v) is 5.22. The first kappa shape index (κ1) is 12.9. The summed E-state index contributed by atoms with van der Waals surface area (Å²) in [5.41, 5.74) is 6.04. The zero-order chi connectivity index (χ0) is 11.3. The summed E-state index contributed by atoms with van der Waals surface area (Å²) in [5, 5.41) is 12.5. The topological polar surface area (TPSA) is 58.3 Å². The summed E-state index contributed by atoms with van der Waals surface area (Å²) in [5.74, 6) is 0.847. The molecule has 0 saturated heterocycles. The van der Waals surface area contributed by atoms with E-state index in [-0.39, 0.29) is 12.1 Å². The van der Waals surface area contributed by atoms with Crippen LogP contribution in [-0.4, -0.2) is 29.8 Å². The Morgan fingerprint density at radius 2 is 2.07 bits per heavy atom. The molecular formula is C12H26N2O. The lowest BCUT2D eigenvalue weighted by atomic mass is 9.76. The minimum atomic E-state index is 0.140. The molecular weight excluding hydrogens is 188 g/mol. The van der Waals surface area contributed by atoms with Gasteiger partial charge in [-0.1, -0.05) is 6.92 Å². The number of aliphatic hydroxyl groups excluding tert-OH is 1. The molecule has 1 aliphatic carbocycles. The highest BCUT2D eigenvalue weighted by molar-refractivity contribution is 4.94. The summed E-state index contributed by atoms with van der Waals surface area (Å²) < 4.78 is 0. The monoisotopic (exact) mass is 214 g/mol. The Labute approximate surface area is 93.4 Å². The molecule has 1 saturated carbocycles. The Kier molecular flexibility index (Phi) is 5.03. The third kappa shape index (κ3) is 3.74. The second-order valence-electron chi connectivity index (χ2n) is 5.22. The van der Waals surface area contributed by atoms with Crippen LogP contribution >= 0.6 is 0 Å². The maximum absolute atomic E-state index is 8.89. The van der Waals surface area contributed by atoms with E-state index in [4.69, 9.17) is 10.8 Å². The minimum absolute atomic E-state index is 0.140. The smallest absolute Gasteiger partial charge is 0.0445 e. The summed E-state index contributed by atoms with van der Waals surface area (Å²) in [4.78, 5) is 0. The van der Waals surface area contributed by atoms with Crippen molar-refractivity contribution in [2.24, 2.45) is 11.7 Å². The van der Waals surface area contributed by atoms with Crippen LogP contribution < -0.4 is 11.1 Å². The van der Waals surface area contributed by atoms with E-state index < -0.39 is 0 Å². The van der Waals surface area contributed by atoms with E-state index in [0.29, 0.717) is 6.04 Å². The zero-order valence-electron chi connectivity index (χ0n) is 10.1. The molecule has 90 valence electrons. The molecule has 0 aliphatic heterocycles. The first-order valence-corrected chi connectivity index (χ1v) is 6.20. The molecule has 4 N–H and O–H groups in total. The third-order valence-corrected chi connectivity index (χ3v) is 3.74. The summed E-state index contributed by atoms with van der Waals surface area (Å²) in [6, 6.07) is 0.368. The fourth-order valence-corrected chi connectivity index (χ4v) is 2.51. The highest BCUT2D eigenvalue weighted by Gasteiger charge is 2.33. The maximum atomic E-state index is 8.89. The van der Waals surface area contributed by atoms with Gasteiger partial charge in [0.1, 0.15) is 0 Å². The molecule has 0 spiro atoms. The number of rotatable bonds is 5. The van der Waals surface area contributed by atoms with Gasteiger partial charge in [-0.3, -0.25) is 0 Å². The van der Waals surface area contributed by atoms with Gasteiger partial charge in [0.2, 0.25) is 0 Å². The lowest BCUT2D eigenvalue weighted by Gasteiger charge is -2.41. The standard InChI is InChI=1S/C12H26N2O/c1-10-3-6-12(9-13,7-4-10)14-11(2)5-8-15/h10-11,14-15H,3-9,13H2,1-2H3. The molecule has 0 amide bonds. The van der Waals surface area contributed by atoms with Crippen molar-refractivity contribution in [2.75, 3.05) is 13.2 Å². The fourth-order valence-electron chi connectivity index (χ4n) is 2.51. The van der Waals surface area contributed by atoms with Crippen molar-refractivity contribution in [1.29, 1.82) is 0 Å². The van der Waals surface area contributed by atoms with Gasteiger partial charge in [0.25, 0.3) is 0 Å². The molecule has 1 atom stereocenters. The highest BCUT2D eigenvalue weighted by Crippen LogP contribution is 2.31. The largest absolute Gasteiger partial charge is 0.396 e. The van der Waals surface area contributed by atoms with Gasteiger partial charge in [0, 0.05) is 24.7 Å². The molecule has 0 aromatic rings. The Morgan fingerprint density at radius 1 is 1.47 bits per heavy atom. The number of hydrogen-bond acceptors (Lipinski definition) is 3. The highest BCUT2D eigenvalue weighted by atomic mass is 16.3. The SMILES string of the molecule is CC1CCC(CN)(NC(C)CCO)CC1. The van der Waals surface area contributed by atoms with E-state index in [0.717, 1.165) is 18.9 Å². The first-order chi connectivity index (χ1) is 7.12. The van der Waals surface area contributed by atoms with Crippen LogP contribution in [0.4, 0.5) is 0 Å². The van der Waals surface area contributed by atoms with Crippen LogP contribution in [0.3, 0.4) is 0 Å². The van der Waals surface area contributed by atoms with Gasteiger partial charge in [-0.05, 0) is 44.9 Å². The van der Waals surface area contributed by atoms with Gasteiger partial charge in [0.05, 0.1) is 0 Å². The normalized spacial score (nSPS) is 34.0. The minimum Gasteiger partial charge on any atom is -0.396 e. The molecule has 0 aromatic heterocycles. The molecule has 1 fully saturated rings. The van der Waals surface area contributed by atoms with Crippen LogP contribution in [0.1, 0.15) is 46.0 Å². The molecule has 3 heteroatoms. The van der Waals surface area contributed by atoms with Crippen molar-refractivity contribution >= 4 is 0 Å². The zero-order valence-corrected chi connectivity index (χ0v) is 10.1. The van der Waals surface area contributed by atoms with Gasteiger partial charge in [-0.15, -0.1) is 0 Å². The maximum Gasteiger partial charge on any atom is 0.0445 e. The van der Waals surface area contributed by atoms with E-state index in [2.05, 4.69) is 19.2 Å². The molecule has 3 nitrogen and oxygen atoms in total. The molecule has 1 rings (SSSR count). The molecule has 15 heavy (non-hydrogen) atoms. The average Bonchev–Trinajstić information content (AvgIpc) is 2.22. The van der Waals surface area contributed by atoms with Gasteiger partial charge in [0.15, 0.2) is 0 Å². The average molecular weight is 214 g/mol. The van der Waals surface area contributed by atoms with Crippen LogP contribution in [0.15, 0.2) is 0 Å². The molecule has 0 heterocycles. The molecule has 0 bridgehead atoms. The third-order valence-electron chi connectivity index (χ3n) is 3.74. The summed E-state index contributed by atoms with van der Waals surface area (Å²) in [6.45, 7) is 5.42. The predicted octanol–water partition coefficient (Wildman–Crippen LogP) is 1.25. The van der Waals surface area contributed by atoms with E-state index in [1.807, 2.05) is 0 Å². The Morgan fingerprint density at radius 3 is 2.53 bits per heavy atom. The summed E-state index contributed by atoms with van der Waals surface area (Å²) >= 11 is 0. The van der Waals surface area contributed by atoms with Gasteiger partial charge in [-0.2, -0.15) is 0 Å².